The van der Waals surface area contributed by atoms with Crippen LogP contribution in [0.15, 0.2) is 37.0 Å². The highest BCUT2D eigenvalue weighted by Crippen LogP contribution is 2.35. The quantitative estimate of drug-likeness (QED) is 0.560. The molecule has 0 amide bonds. The first kappa shape index (κ1) is 13.5. The minimum Gasteiger partial charge on any atom is -0.288 e. The van der Waals surface area contributed by atoms with Gasteiger partial charge in [0.05, 0.1) is 9.35 Å². The zero-order valence-corrected chi connectivity index (χ0v) is 14.3. The van der Waals surface area contributed by atoms with E-state index in [1.54, 1.807) is 0 Å². The normalized spacial score (nSPS) is 10.6. The van der Waals surface area contributed by atoms with E-state index >= 15 is 0 Å². The second-order valence-electron chi connectivity index (χ2n) is 3.54. The van der Waals surface area contributed by atoms with Crippen molar-refractivity contribution in [2.75, 3.05) is 0 Å². The number of thiophene rings is 1. The molecule has 0 N–H and O–H groups in total. The average molecular weight is 439 g/mol. The molecule has 17 heavy (non-hydrogen) atoms. The Morgan fingerprint density at radius 3 is 2.41 bits per heavy atom. The van der Waals surface area contributed by atoms with E-state index in [4.69, 9.17) is 0 Å². The van der Waals surface area contributed by atoms with Crippen LogP contribution in [0, 0.1) is 6.92 Å². The molecule has 0 aliphatic heterocycles. The number of rotatable bonds is 2. The van der Waals surface area contributed by atoms with Gasteiger partial charge in [0.1, 0.15) is 0 Å². The Bertz CT molecular complexity index is 589. The first-order chi connectivity index (χ1) is 8.00. The van der Waals surface area contributed by atoms with Gasteiger partial charge in [-0.3, -0.25) is 4.79 Å². The minimum absolute atomic E-state index is 0.0273. The standard InChI is InChI=1S/C12H7Br3OS/c1-6-2-3-7(8(13)4-6)11(16)12-10(15)9(14)5-17-12/h2-5H,1H3. The van der Waals surface area contributed by atoms with Crippen molar-refractivity contribution >= 4 is 64.9 Å². The third-order valence-corrected chi connectivity index (χ3v) is 6.45. The number of hydrogen-bond donors (Lipinski definition) is 0. The van der Waals surface area contributed by atoms with Crippen LogP contribution in [0.3, 0.4) is 0 Å². The summed E-state index contributed by atoms with van der Waals surface area (Å²) in [5, 5.41) is 1.90. The maximum absolute atomic E-state index is 12.3. The van der Waals surface area contributed by atoms with E-state index < -0.39 is 0 Å². The number of carbonyl (C=O) groups excluding carboxylic acids is 1. The smallest absolute Gasteiger partial charge is 0.205 e. The summed E-state index contributed by atoms with van der Waals surface area (Å²) in [7, 11) is 0. The molecule has 0 radical (unpaired) electrons. The van der Waals surface area contributed by atoms with Crippen LogP contribution in [0.1, 0.15) is 20.8 Å². The number of aryl methyl sites for hydroxylation is 1. The second kappa shape index (κ2) is 5.34. The summed E-state index contributed by atoms with van der Waals surface area (Å²) in [5.74, 6) is 0.0273. The van der Waals surface area contributed by atoms with Gasteiger partial charge in [0, 0.05) is 19.9 Å². The fourth-order valence-electron chi connectivity index (χ4n) is 1.40. The van der Waals surface area contributed by atoms with Gasteiger partial charge in [-0.2, -0.15) is 0 Å². The third-order valence-electron chi connectivity index (χ3n) is 2.26. The topological polar surface area (TPSA) is 17.1 Å². The summed E-state index contributed by atoms with van der Waals surface area (Å²) in [6.07, 6.45) is 0. The van der Waals surface area contributed by atoms with E-state index in [1.807, 2.05) is 30.5 Å². The molecule has 0 unspecified atom stereocenters. The molecule has 1 aromatic heterocycles. The first-order valence-electron chi connectivity index (χ1n) is 4.74. The van der Waals surface area contributed by atoms with Crippen molar-refractivity contribution in [3.05, 3.63) is 53.0 Å². The van der Waals surface area contributed by atoms with Crippen LogP contribution in [0.5, 0.6) is 0 Å². The van der Waals surface area contributed by atoms with Crippen LogP contribution >= 0.6 is 59.1 Å². The predicted octanol–water partition coefficient (Wildman–Crippen LogP) is 5.58. The number of halogens is 3. The summed E-state index contributed by atoms with van der Waals surface area (Å²) in [4.78, 5) is 13.1. The number of benzene rings is 1. The molecule has 1 nitrogen and oxygen atoms in total. The summed E-state index contributed by atoms with van der Waals surface area (Å²) in [6.45, 7) is 2.00. The fourth-order valence-corrected chi connectivity index (χ4v) is 4.18. The molecule has 0 fully saturated rings. The van der Waals surface area contributed by atoms with Gasteiger partial charge < -0.3 is 0 Å². The molecule has 0 aliphatic carbocycles. The van der Waals surface area contributed by atoms with Gasteiger partial charge in [-0.05, 0) is 56.5 Å². The summed E-state index contributed by atoms with van der Waals surface area (Å²) in [5.41, 5.74) is 1.81. The van der Waals surface area contributed by atoms with Crippen molar-refractivity contribution in [2.24, 2.45) is 0 Å². The van der Waals surface area contributed by atoms with Crippen LogP contribution in [-0.2, 0) is 0 Å². The molecule has 2 aromatic rings. The van der Waals surface area contributed by atoms with Gasteiger partial charge in [-0.1, -0.05) is 22.0 Å². The third kappa shape index (κ3) is 2.72. The average Bonchev–Trinajstić information content (AvgIpc) is 2.59. The van der Waals surface area contributed by atoms with E-state index in [2.05, 4.69) is 47.8 Å². The van der Waals surface area contributed by atoms with E-state index in [1.165, 1.54) is 11.3 Å². The highest BCUT2D eigenvalue weighted by atomic mass is 79.9. The molecular formula is C12H7Br3OS. The first-order valence-corrected chi connectivity index (χ1v) is 8.00. The molecule has 1 aromatic carbocycles. The second-order valence-corrected chi connectivity index (χ2v) is 6.92. The zero-order valence-electron chi connectivity index (χ0n) is 8.76. The van der Waals surface area contributed by atoms with Crippen molar-refractivity contribution in [2.45, 2.75) is 6.92 Å². The van der Waals surface area contributed by atoms with Crippen LogP contribution < -0.4 is 0 Å². The highest BCUT2D eigenvalue weighted by molar-refractivity contribution is 9.13. The van der Waals surface area contributed by atoms with Crippen LogP contribution in [-0.4, -0.2) is 5.78 Å². The maximum Gasteiger partial charge on any atom is 0.205 e. The monoisotopic (exact) mass is 436 g/mol. The Morgan fingerprint density at radius 2 is 1.88 bits per heavy atom. The molecule has 0 aliphatic rings. The van der Waals surface area contributed by atoms with Gasteiger partial charge in [-0.25, -0.2) is 0 Å². The van der Waals surface area contributed by atoms with Crippen LogP contribution in [0.4, 0.5) is 0 Å². The molecule has 5 heteroatoms. The SMILES string of the molecule is Cc1ccc(C(=O)c2scc(Br)c2Br)c(Br)c1. The number of carbonyl (C=O) groups is 1. The Labute approximate surface area is 129 Å². The molecular weight excluding hydrogens is 432 g/mol. The number of hydrogen-bond acceptors (Lipinski definition) is 2. The summed E-state index contributed by atoms with van der Waals surface area (Å²) < 4.78 is 2.56. The molecule has 88 valence electrons. The molecule has 0 spiro atoms. The lowest BCUT2D eigenvalue weighted by molar-refractivity contribution is 0.104. The Balaban J connectivity index is 2.47. The van der Waals surface area contributed by atoms with E-state index in [9.17, 15) is 4.79 Å². The van der Waals surface area contributed by atoms with E-state index in [0.717, 1.165) is 19.0 Å². The molecule has 0 saturated heterocycles. The molecule has 1 heterocycles. The van der Waals surface area contributed by atoms with Gasteiger partial charge in [-0.15, -0.1) is 11.3 Å². The van der Waals surface area contributed by atoms with Crippen LogP contribution in [0.25, 0.3) is 0 Å². The number of ketones is 1. The Hall–Kier alpha value is 0.0300. The van der Waals surface area contributed by atoms with Crippen LogP contribution in [0.2, 0.25) is 0 Å². The van der Waals surface area contributed by atoms with E-state index in [-0.39, 0.29) is 5.78 Å². The Kier molecular flexibility index (Phi) is 4.23. The Morgan fingerprint density at radius 1 is 1.18 bits per heavy atom. The zero-order chi connectivity index (χ0) is 12.6. The lowest BCUT2D eigenvalue weighted by atomic mass is 10.1. The van der Waals surface area contributed by atoms with Crippen molar-refractivity contribution in [1.82, 2.24) is 0 Å². The fraction of sp³-hybridized carbons (Fsp3) is 0.0833. The molecule has 0 bridgehead atoms. The van der Waals surface area contributed by atoms with Gasteiger partial charge in [0.25, 0.3) is 0 Å². The van der Waals surface area contributed by atoms with Crippen molar-refractivity contribution in [1.29, 1.82) is 0 Å². The van der Waals surface area contributed by atoms with Crippen molar-refractivity contribution < 1.29 is 4.79 Å². The largest absolute Gasteiger partial charge is 0.288 e. The predicted molar refractivity (Wildman–Crippen MR) is 82.0 cm³/mol. The maximum atomic E-state index is 12.3. The van der Waals surface area contributed by atoms with E-state index in [0.29, 0.717) is 10.4 Å². The van der Waals surface area contributed by atoms with Gasteiger partial charge in [0.15, 0.2) is 0 Å². The molecule has 2 rings (SSSR count). The lowest BCUT2D eigenvalue weighted by Crippen LogP contribution is -2.00. The van der Waals surface area contributed by atoms with Crippen molar-refractivity contribution in [3.63, 3.8) is 0 Å². The molecule has 0 saturated carbocycles. The summed E-state index contributed by atoms with van der Waals surface area (Å²) in [6, 6.07) is 5.74. The van der Waals surface area contributed by atoms with Gasteiger partial charge in [0.2, 0.25) is 5.78 Å². The lowest BCUT2D eigenvalue weighted by Gasteiger charge is -2.03. The summed E-state index contributed by atoms with van der Waals surface area (Å²) >= 11 is 11.7. The van der Waals surface area contributed by atoms with Gasteiger partial charge >= 0.3 is 0 Å². The molecule has 0 atom stereocenters. The van der Waals surface area contributed by atoms with Crippen molar-refractivity contribution in [3.8, 4) is 0 Å². The minimum atomic E-state index is 0.0273. The highest BCUT2D eigenvalue weighted by Gasteiger charge is 2.18.